The van der Waals surface area contributed by atoms with Crippen LogP contribution in [0.4, 0.5) is 5.69 Å². The van der Waals surface area contributed by atoms with Gasteiger partial charge in [-0.1, -0.05) is 42.1 Å². The topological polar surface area (TPSA) is 117 Å². The van der Waals surface area contributed by atoms with Gasteiger partial charge in [-0.05, 0) is 73.4 Å². The summed E-state index contributed by atoms with van der Waals surface area (Å²) in [5.41, 5.74) is 5.34. The number of hydrogen-bond acceptors (Lipinski definition) is 7. The normalized spacial score (nSPS) is 12.9. The zero-order valence-electron chi connectivity index (χ0n) is 23.9. The lowest BCUT2D eigenvalue weighted by molar-refractivity contribution is -0.116. The number of anilines is 1. The number of carbonyl (C=O) groups is 2. The van der Waals surface area contributed by atoms with Crippen LogP contribution in [0.25, 0.3) is 5.69 Å². The van der Waals surface area contributed by atoms with E-state index < -0.39 is 10.0 Å². The predicted molar refractivity (Wildman–Crippen MR) is 163 cm³/mol. The van der Waals surface area contributed by atoms with Gasteiger partial charge in [0.2, 0.25) is 15.9 Å². The van der Waals surface area contributed by atoms with Gasteiger partial charge in [-0.2, -0.15) is 0 Å². The Labute approximate surface area is 249 Å². The summed E-state index contributed by atoms with van der Waals surface area (Å²) >= 11 is 1.31. The van der Waals surface area contributed by atoms with Crippen LogP contribution in [-0.4, -0.2) is 65.7 Å². The zero-order valence-corrected chi connectivity index (χ0v) is 25.5. The molecule has 1 aliphatic rings. The quantitative estimate of drug-likeness (QED) is 0.289. The molecule has 2 heterocycles. The fourth-order valence-electron chi connectivity index (χ4n) is 4.76. The molecule has 0 spiro atoms. The number of benzene rings is 3. The maximum absolute atomic E-state index is 13.2. The minimum Gasteiger partial charge on any atom is -0.345 e. The number of fused-ring (bicyclic) bond motifs is 1. The molecule has 0 saturated heterocycles. The summed E-state index contributed by atoms with van der Waals surface area (Å²) in [7, 11) is -0.688. The molecule has 0 atom stereocenters. The lowest BCUT2D eigenvalue weighted by Crippen LogP contribution is -2.30. The van der Waals surface area contributed by atoms with Gasteiger partial charge in [0.05, 0.1) is 22.9 Å². The average molecular weight is 605 g/mol. The van der Waals surface area contributed by atoms with E-state index in [1.54, 1.807) is 0 Å². The summed E-state index contributed by atoms with van der Waals surface area (Å²) in [6.45, 7) is 4.71. The SMILES string of the molecule is Cc1ccc(C)c(-n2c(CNC(=O)c3ccc(S(=O)(=O)N(C)C)cc3)nnc2SCC(=O)N2CCc3ccccc32)c1. The van der Waals surface area contributed by atoms with Gasteiger partial charge in [-0.25, -0.2) is 12.7 Å². The Bertz CT molecular complexity index is 1750. The largest absolute Gasteiger partial charge is 0.345 e. The van der Waals surface area contributed by atoms with Crippen molar-refractivity contribution in [2.45, 2.75) is 36.9 Å². The van der Waals surface area contributed by atoms with Gasteiger partial charge in [-0.15, -0.1) is 10.2 Å². The molecule has 1 N–H and O–H groups in total. The molecule has 0 radical (unpaired) electrons. The second-order valence-corrected chi connectivity index (χ2v) is 13.3. The Morgan fingerprint density at radius 2 is 1.71 bits per heavy atom. The lowest BCUT2D eigenvalue weighted by Gasteiger charge is -2.17. The molecule has 12 heteroatoms. The molecule has 2 amide bonds. The van der Waals surface area contributed by atoms with Crippen molar-refractivity contribution in [3.63, 3.8) is 0 Å². The predicted octanol–water partition coefficient (Wildman–Crippen LogP) is 3.75. The molecule has 5 rings (SSSR count). The molecule has 0 fully saturated rings. The molecule has 218 valence electrons. The Morgan fingerprint density at radius 1 is 0.976 bits per heavy atom. The second-order valence-electron chi connectivity index (χ2n) is 10.2. The smallest absolute Gasteiger partial charge is 0.251 e. The Balaban J connectivity index is 1.35. The number of thioether (sulfide) groups is 1. The number of hydrogen-bond donors (Lipinski definition) is 1. The summed E-state index contributed by atoms with van der Waals surface area (Å²) in [5, 5.41) is 12.2. The van der Waals surface area contributed by atoms with Crippen LogP contribution in [0.15, 0.2) is 76.8 Å². The van der Waals surface area contributed by atoms with E-state index in [-0.39, 0.29) is 29.0 Å². The van der Waals surface area contributed by atoms with Gasteiger partial charge < -0.3 is 10.2 Å². The fourth-order valence-corrected chi connectivity index (χ4v) is 6.50. The third kappa shape index (κ3) is 5.96. The van der Waals surface area contributed by atoms with Crippen LogP contribution < -0.4 is 10.2 Å². The molecule has 42 heavy (non-hydrogen) atoms. The molecule has 0 bridgehead atoms. The van der Waals surface area contributed by atoms with Gasteiger partial charge in [0.15, 0.2) is 11.0 Å². The van der Waals surface area contributed by atoms with Crippen molar-refractivity contribution < 1.29 is 18.0 Å². The van der Waals surface area contributed by atoms with Crippen molar-refractivity contribution in [3.8, 4) is 5.69 Å². The molecule has 1 aliphatic heterocycles. The summed E-state index contributed by atoms with van der Waals surface area (Å²) in [5.74, 6) is 0.308. The Hall–Kier alpha value is -4.00. The summed E-state index contributed by atoms with van der Waals surface area (Å²) in [6.07, 6.45) is 0.837. The van der Waals surface area contributed by atoms with Crippen LogP contribution in [0, 0.1) is 13.8 Å². The monoisotopic (exact) mass is 604 g/mol. The van der Waals surface area contributed by atoms with Crippen molar-refractivity contribution in [2.75, 3.05) is 31.3 Å². The van der Waals surface area contributed by atoms with Crippen LogP contribution in [0.1, 0.15) is 32.9 Å². The first-order chi connectivity index (χ1) is 20.1. The highest BCUT2D eigenvalue weighted by atomic mass is 32.2. The average Bonchev–Trinajstić information content (AvgIpc) is 3.60. The highest BCUT2D eigenvalue weighted by molar-refractivity contribution is 7.99. The van der Waals surface area contributed by atoms with Crippen LogP contribution in [-0.2, 0) is 27.8 Å². The van der Waals surface area contributed by atoms with Gasteiger partial charge in [0.25, 0.3) is 5.91 Å². The lowest BCUT2D eigenvalue weighted by atomic mass is 10.1. The standard InChI is InChI=1S/C30H32N6O4S2/c1-20-9-10-21(2)26(17-20)36-27(18-31-29(38)23-11-13-24(14-12-23)42(39,40)34(3)4)32-33-30(36)41-19-28(37)35-16-15-22-7-5-6-8-25(22)35/h5-14,17H,15-16,18-19H2,1-4H3,(H,31,38). The summed E-state index contributed by atoms with van der Waals surface area (Å²) < 4.78 is 27.7. The van der Waals surface area contributed by atoms with Crippen molar-refractivity contribution in [2.24, 2.45) is 0 Å². The van der Waals surface area contributed by atoms with E-state index >= 15 is 0 Å². The van der Waals surface area contributed by atoms with Crippen molar-refractivity contribution in [1.29, 1.82) is 0 Å². The molecule has 0 saturated carbocycles. The van der Waals surface area contributed by atoms with Crippen LogP contribution in [0.3, 0.4) is 0 Å². The number of para-hydroxylation sites is 1. The highest BCUT2D eigenvalue weighted by Gasteiger charge is 2.26. The third-order valence-electron chi connectivity index (χ3n) is 7.12. The first-order valence-corrected chi connectivity index (χ1v) is 15.8. The maximum atomic E-state index is 13.2. The van der Waals surface area contributed by atoms with Gasteiger partial charge in [0, 0.05) is 31.9 Å². The maximum Gasteiger partial charge on any atom is 0.251 e. The molecule has 4 aromatic rings. The first kappa shape index (κ1) is 29.5. The third-order valence-corrected chi connectivity index (χ3v) is 9.86. The molecule has 0 unspecified atom stereocenters. The Morgan fingerprint density at radius 3 is 2.45 bits per heavy atom. The number of rotatable bonds is 9. The number of aryl methyl sites for hydroxylation is 2. The number of nitrogens with zero attached hydrogens (tertiary/aromatic N) is 5. The minimum absolute atomic E-state index is 0.00459. The van der Waals surface area contributed by atoms with Crippen molar-refractivity contribution in [3.05, 3.63) is 94.8 Å². The molecule has 3 aromatic carbocycles. The molecule has 10 nitrogen and oxygen atoms in total. The van der Waals surface area contributed by atoms with Crippen molar-refractivity contribution >= 4 is 39.3 Å². The van der Waals surface area contributed by atoms with Crippen LogP contribution in [0.5, 0.6) is 0 Å². The first-order valence-electron chi connectivity index (χ1n) is 13.4. The van der Waals surface area contributed by atoms with E-state index in [9.17, 15) is 18.0 Å². The second kappa shape index (κ2) is 12.1. The molecular weight excluding hydrogens is 573 g/mol. The van der Waals surface area contributed by atoms with E-state index in [1.807, 2.05) is 65.8 Å². The van der Waals surface area contributed by atoms with E-state index in [0.29, 0.717) is 23.1 Å². The number of nitrogens with one attached hydrogen (secondary N) is 1. The molecular formula is C30H32N6O4S2. The minimum atomic E-state index is -3.60. The molecule has 0 aliphatic carbocycles. The van der Waals surface area contributed by atoms with E-state index in [4.69, 9.17) is 0 Å². The Kier molecular flexibility index (Phi) is 8.48. The van der Waals surface area contributed by atoms with E-state index in [0.717, 1.165) is 33.2 Å². The zero-order chi connectivity index (χ0) is 30.0. The molecule has 1 aromatic heterocycles. The fraction of sp³-hybridized carbons (Fsp3) is 0.267. The van der Waals surface area contributed by atoms with Crippen LogP contribution in [0.2, 0.25) is 0 Å². The van der Waals surface area contributed by atoms with Crippen molar-refractivity contribution in [1.82, 2.24) is 24.4 Å². The van der Waals surface area contributed by atoms with Gasteiger partial charge in [0.1, 0.15) is 0 Å². The number of sulfonamides is 1. The summed E-state index contributed by atoms with van der Waals surface area (Å²) in [4.78, 5) is 28.1. The van der Waals surface area contributed by atoms with Gasteiger partial charge >= 0.3 is 0 Å². The number of aromatic nitrogens is 3. The van der Waals surface area contributed by atoms with Gasteiger partial charge in [-0.3, -0.25) is 14.2 Å². The van der Waals surface area contributed by atoms with Crippen LogP contribution >= 0.6 is 11.8 Å². The number of carbonyl (C=O) groups excluding carboxylic acids is 2. The van der Waals surface area contributed by atoms with E-state index in [2.05, 4.69) is 15.5 Å². The summed E-state index contributed by atoms with van der Waals surface area (Å²) in [6, 6.07) is 19.8. The van der Waals surface area contributed by atoms with E-state index in [1.165, 1.54) is 55.7 Å². The number of amides is 2. The highest BCUT2D eigenvalue weighted by Crippen LogP contribution is 2.30.